The molecule has 0 aliphatic heterocycles. The molecular formula is C18H14Br2N6OS. The Hall–Kier alpha value is -2.04. The Bertz CT molecular complexity index is 1200. The molecule has 0 spiro atoms. The molecule has 0 fully saturated rings. The minimum absolute atomic E-state index is 0.156. The molecule has 0 bridgehead atoms. The third-order valence-electron chi connectivity index (χ3n) is 4.07. The second-order valence-corrected chi connectivity index (χ2v) is 8.56. The number of nitrogens with zero attached hydrogens (tertiary/aromatic N) is 5. The van der Waals surface area contributed by atoms with Crippen LogP contribution in [0.2, 0.25) is 0 Å². The molecule has 0 radical (unpaired) electrons. The summed E-state index contributed by atoms with van der Waals surface area (Å²) in [4.78, 5) is 21.1. The zero-order valence-corrected chi connectivity index (χ0v) is 18.7. The zero-order chi connectivity index (χ0) is 19.7. The van der Waals surface area contributed by atoms with E-state index >= 15 is 0 Å². The number of hydrogen-bond donors (Lipinski definition) is 1. The van der Waals surface area contributed by atoms with Crippen LogP contribution in [-0.2, 0) is 11.3 Å². The van der Waals surface area contributed by atoms with Crippen LogP contribution in [0.3, 0.4) is 0 Å². The van der Waals surface area contributed by atoms with Crippen molar-refractivity contribution in [3.63, 3.8) is 0 Å². The number of aromatic nitrogens is 5. The van der Waals surface area contributed by atoms with Crippen molar-refractivity contribution < 1.29 is 4.79 Å². The number of nitrogens with one attached hydrogen (secondary N) is 1. The van der Waals surface area contributed by atoms with Crippen molar-refractivity contribution in [1.82, 2.24) is 24.7 Å². The van der Waals surface area contributed by atoms with Crippen molar-refractivity contribution in [3.05, 3.63) is 45.5 Å². The minimum Gasteiger partial charge on any atom is -0.324 e. The first kappa shape index (κ1) is 19.3. The lowest BCUT2D eigenvalue weighted by Gasteiger charge is -2.06. The summed E-state index contributed by atoms with van der Waals surface area (Å²) in [7, 11) is 0. The van der Waals surface area contributed by atoms with Gasteiger partial charge in [-0.1, -0.05) is 30.0 Å². The molecule has 28 heavy (non-hydrogen) atoms. The van der Waals surface area contributed by atoms with Crippen molar-refractivity contribution in [1.29, 1.82) is 0 Å². The molecule has 0 atom stereocenters. The van der Waals surface area contributed by atoms with Crippen LogP contribution in [-0.4, -0.2) is 36.4 Å². The van der Waals surface area contributed by atoms with Gasteiger partial charge in [0, 0.05) is 22.6 Å². The number of hydrogen-bond acceptors (Lipinski definition) is 6. The quantitative estimate of drug-likeness (QED) is 0.385. The molecule has 7 nitrogen and oxygen atoms in total. The maximum Gasteiger partial charge on any atom is 0.236 e. The van der Waals surface area contributed by atoms with Crippen LogP contribution < -0.4 is 5.32 Å². The van der Waals surface area contributed by atoms with Gasteiger partial charge in [0.2, 0.25) is 11.1 Å². The van der Waals surface area contributed by atoms with Crippen molar-refractivity contribution in [3.8, 4) is 0 Å². The van der Waals surface area contributed by atoms with Crippen LogP contribution in [0.5, 0.6) is 0 Å². The van der Waals surface area contributed by atoms with Crippen molar-refractivity contribution in [2.45, 2.75) is 18.6 Å². The fourth-order valence-electron chi connectivity index (χ4n) is 2.88. The van der Waals surface area contributed by atoms with Crippen LogP contribution in [0, 0.1) is 0 Å². The Morgan fingerprint density at radius 2 is 2.07 bits per heavy atom. The van der Waals surface area contributed by atoms with Crippen LogP contribution >= 0.6 is 43.6 Å². The van der Waals surface area contributed by atoms with E-state index in [1.807, 2.05) is 30.3 Å². The number of rotatable bonds is 5. The molecular weight excluding hydrogens is 508 g/mol. The summed E-state index contributed by atoms with van der Waals surface area (Å²) < 4.78 is 3.63. The highest BCUT2D eigenvalue weighted by molar-refractivity contribution is 9.11. The highest BCUT2D eigenvalue weighted by atomic mass is 79.9. The lowest BCUT2D eigenvalue weighted by molar-refractivity contribution is -0.113. The highest BCUT2D eigenvalue weighted by Gasteiger charge is 2.15. The average molecular weight is 522 g/mol. The topological polar surface area (TPSA) is 85.6 Å². The molecule has 142 valence electrons. The van der Waals surface area contributed by atoms with Gasteiger partial charge in [-0.25, -0.2) is 9.97 Å². The summed E-state index contributed by atoms with van der Waals surface area (Å²) in [6.45, 7) is 2.84. The number of para-hydroxylation sites is 1. The number of pyridine rings is 1. The van der Waals surface area contributed by atoms with E-state index in [0.717, 1.165) is 33.1 Å². The highest BCUT2D eigenvalue weighted by Crippen LogP contribution is 2.27. The number of benzene rings is 1. The van der Waals surface area contributed by atoms with Crippen LogP contribution in [0.1, 0.15) is 6.92 Å². The second kappa shape index (κ2) is 8.14. The number of carbonyl (C=O) groups is 1. The lowest BCUT2D eigenvalue weighted by Crippen LogP contribution is -2.15. The monoisotopic (exact) mass is 520 g/mol. The fraction of sp³-hybridized carbons (Fsp3) is 0.167. The first-order valence-corrected chi connectivity index (χ1v) is 11.0. The Morgan fingerprint density at radius 3 is 2.86 bits per heavy atom. The number of anilines is 1. The number of fused-ring (bicyclic) bond motifs is 3. The number of aryl methyl sites for hydroxylation is 1. The van der Waals surface area contributed by atoms with Gasteiger partial charge >= 0.3 is 0 Å². The Morgan fingerprint density at radius 1 is 1.25 bits per heavy atom. The van der Waals surface area contributed by atoms with E-state index in [2.05, 4.69) is 68.8 Å². The van der Waals surface area contributed by atoms with E-state index in [1.165, 1.54) is 11.8 Å². The number of thioether (sulfide) groups is 1. The molecule has 3 aromatic heterocycles. The van der Waals surface area contributed by atoms with Crippen molar-refractivity contribution in [2.75, 3.05) is 11.1 Å². The third-order valence-corrected chi connectivity index (χ3v) is 5.94. The number of halogens is 2. The minimum atomic E-state index is -0.194. The van der Waals surface area contributed by atoms with Gasteiger partial charge in [-0.3, -0.25) is 4.79 Å². The SMILES string of the molecule is CCn1c2ccccc2c2nnc(SCC(=O)Nc3ncc(Br)cc3Br)nc21. The molecule has 10 heteroatoms. The molecule has 1 N–H and O–H groups in total. The van der Waals surface area contributed by atoms with E-state index < -0.39 is 0 Å². The van der Waals surface area contributed by atoms with Crippen LogP contribution in [0.15, 0.2) is 50.6 Å². The summed E-state index contributed by atoms with van der Waals surface area (Å²) >= 11 is 7.95. The van der Waals surface area contributed by atoms with Crippen molar-refractivity contribution in [2.24, 2.45) is 0 Å². The first-order chi connectivity index (χ1) is 13.6. The van der Waals surface area contributed by atoms with E-state index in [9.17, 15) is 4.79 Å². The largest absolute Gasteiger partial charge is 0.324 e. The fourth-order valence-corrected chi connectivity index (χ4v) is 4.54. The molecule has 4 aromatic rings. The average Bonchev–Trinajstić information content (AvgIpc) is 3.01. The van der Waals surface area contributed by atoms with Gasteiger partial charge < -0.3 is 9.88 Å². The maximum absolute atomic E-state index is 12.3. The van der Waals surface area contributed by atoms with Crippen LogP contribution in [0.25, 0.3) is 22.1 Å². The van der Waals surface area contributed by atoms with Gasteiger partial charge in [0.25, 0.3) is 0 Å². The number of carbonyl (C=O) groups excluding carboxylic acids is 1. The zero-order valence-electron chi connectivity index (χ0n) is 14.7. The van der Waals surface area contributed by atoms with Gasteiger partial charge in [-0.05, 0) is 50.9 Å². The molecule has 0 saturated carbocycles. The predicted octanol–water partition coefficient (Wildman–Crippen LogP) is 4.65. The van der Waals surface area contributed by atoms with Gasteiger partial charge in [0.1, 0.15) is 11.3 Å². The van der Waals surface area contributed by atoms with Gasteiger partial charge in [0.15, 0.2) is 5.65 Å². The van der Waals surface area contributed by atoms with Gasteiger partial charge in [0.05, 0.1) is 15.7 Å². The van der Waals surface area contributed by atoms with Crippen LogP contribution in [0.4, 0.5) is 5.82 Å². The molecule has 3 heterocycles. The summed E-state index contributed by atoms with van der Waals surface area (Å²) in [5, 5.41) is 12.8. The number of amides is 1. The summed E-state index contributed by atoms with van der Waals surface area (Å²) in [6, 6.07) is 9.86. The van der Waals surface area contributed by atoms with E-state index in [1.54, 1.807) is 6.20 Å². The predicted molar refractivity (Wildman–Crippen MR) is 117 cm³/mol. The normalized spacial score (nSPS) is 11.2. The molecule has 1 amide bonds. The van der Waals surface area contributed by atoms with Gasteiger partial charge in [-0.2, -0.15) is 0 Å². The molecule has 1 aromatic carbocycles. The van der Waals surface area contributed by atoms with Gasteiger partial charge in [-0.15, -0.1) is 10.2 Å². The lowest BCUT2D eigenvalue weighted by atomic mass is 10.2. The summed E-state index contributed by atoms with van der Waals surface area (Å²) in [5.41, 5.74) is 2.63. The Labute approximate surface area is 181 Å². The Kier molecular flexibility index (Phi) is 5.61. The Balaban J connectivity index is 1.53. The third kappa shape index (κ3) is 3.76. The van der Waals surface area contributed by atoms with E-state index in [0.29, 0.717) is 15.4 Å². The van der Waals surface area contributed by atoms with E-state index in [-0.39, 0.29) is 11.7 Å². The standard InChI is InChI=1S/C18H14Br2N6OS/c1-2-26-13-6-4-3-5-11(13)15-17(26)23-18(25-24-15)28-9-14(27)22-16-12(20)7-10(19)8-21-16/h3-8H,2,9H2,1H3,(H,21,22,27). The summed E-state index contributed by atoms with van der Waals surface area (Å²) in [5.74, 6) is 0.429. The first-order valence-electron chi connectivity index (χ1n) is 8.42. The molecule has 0 aliphatic carbocycles. The van der Waals surface area contributed by atoms with E-state index in [4.69, 9.17) is 0 Å². The molecule has 0 unspecified atom stereocenters. The summed E-state index contributed by atoms with van der Waals surface area (Å²) in [6.07, 6.45) is 1.62. The molecule has 0 aliphatic rings. The molecule has 4 rings (SSSR count). The molecule has 0 saturated heterocycles. The van der Waals surface area contributed by atoms with Crippen molar-refractivity contribution >= 4 is 77.4 Å². The second-order valence-electron chi connectivity index (χ2n) is 5.85. The smallest absolute Gasteiger partial charge is 0.236 e. The maximum atomic E-state index is 12.3.